The third-order valence-corrected chi connectivity index (χ3v) is 7.31. The molecule has 5 nitrogen and oxygen atoms in total. The third kappa shape index (κ3) is 9.21. The molecule has 212 valence electrons. The number of carbonyl (C=O) groups is 2. The van der Waals surface area contributed by atoms with Gasteiger partial charge in [0.25, 0.3) is 0 Å². The van der Waals surface area contributed by atoms with Gasteiger partial charge in [0.05, 0.1) is 17.1 Å². The molecule has 0 radical (unpaired) electrons. The Labute approximate surface area is 234 Å². The molecule has 0 aromatic heterocycles. The Balaban J connectivity index is 2.39. The highest BCUT2D eigenvalue weighted by Crippen LogP contribution is 2.34. The molecular weight excluding hydrogens is 488 g/mol. The van der Waals surface area contributed by atoms with E-state index < -0.39 is 23.5 Å². The van der Waals surface area contributed by atoms with Crippen LogP contribution in [0.2, 0.25) is 0 Å². The predicted octanol–water partition coefficient (Wildman–Crippen LogP) is 7.42. The van der Waals surface area contributed by atoms with Gasteiger partial charge in [-0.25, -0.2) is 9.59 Å². The van der Waals surface area contributed by atoms with Crippen LogP contribution in [0.5, 0.6) is 0 Å². The monoisotopic (exact) mass is 534 g/mol. The second kappa shape index (κ2) is 15.4. The molecule has 0 fully saturated rings. The average molecular weight is 535 g/mol. The molecule has 0 heterocycles. The Bertz CT molecular complexity index is 1130. The fourth-order valence-electron chi connectivity index (χ4n) is 4.54. The van der Waals surface area contributed by atoms with Crippen LogP contribution >= 0.6 is 0 Å². The summed E-state index contributed by atoms with van der Waals surface area (Å²) in [6.45, 7) is 16.9. The normalized spacial score (nSPS) is 13.3. The Morgan fingerprint density at radius 2 is 1.49 bits per heavy atom. The van der Waals surface area contributed by atoms with E-state index >= 15 is 0 Å². The number of hydrogen-bond acceptors (Lipinski definition) is 5. The van der Waals surface area contributed by atoms with Gasteiger partial charge in [0.1, 0.15) is 13.2 Å². The summed E-state index contributed by atoms with van der Waals surface area (Å²) in [6.07, 6.45) is 6.16. The lowest BCUT2D eigenvalue weighted by molar-refractivity contribution is -0.146. The Hall–Kier alpha value is -3.18. The van der Waals surface area contributed by atoms with Crippen LogP contribution in [-0.2, 0) is 30.9 Å². The maximum Gasteiger partial charge on any atom is 0.336 e. The van der Waals surface area contributed by atoms with E-state index in [2.05, 4.69) is 64.3 Å². The Morgan fingerprint density at radius 3 is 2.03 bits per heavy atom. The molecule has 0 bridgehead atoms. The molecule has 0 aliphatic heterocycles. The molecule has 2 rings (SSSR count). The van der Waals surface area contributed by atoms with E-state index in [4.69, 9.17) is 9.47 Å². The zero-order valence-electron chi connectivity index (χ0n) is 24.5. The van der Waals surface area contributed by atoms with Crippen LogP contribution < -0.4 is 0 Å². The number of esters is 2. The number of aliphatic hydroxyl groups excluding tert-OH is 1. The summed E-state index contributed by atoms with van der Waals surface area (Å²) in [5.41, 5.74) is 5.37. The SMILES string of the molecule is C=C(C)C(=O)OCC(CCCC)(COC(=O)C(=C)[C@@H](C)O)c1ccc(-c2ccc(CCCCC)c(C)c2)cc1. The number of aliphatic hydroxyl groups is 1. The second-order valence-corrected chi connectivity index (χ2v) is 10.7. The molecule has 1 unspecified atom stereocenters. The molecule has 2 aromatic rings. The van der Waals surface area contributed by atoms with Crippen LogP contribution in [0.4, 0.5) is 0 Å². The van der Waals surface area contributed by atoms with Crippen LogP contribution in [0.1, 0.15) is 82.9 Å². The maximum absolute atomic E-state index is 12.6. The van der Waals surface area contributed by atoms with Gasteiger partial charge in [-0.3, -0.25) is 0 Å². The maximum atomic E-state index is 12.6. The number of aryl methyl sites for hydroxylation is 2. The van der Waals surface area contributed by atoms with Gasteiger partial charge in [0, 0.05) is 5.57 Å². The first kappa shape index (κ1) is 32.0. The van der Waals surface area contributed by atoms with E-state index in [1.54, 1.807) is 6.92 Å². The topological polar surface area (TPSA) is 72.8 Å². The number of unbranched alkanes of at least 4 members (excludes halogenated alkanes) is 3. The van der Waals surface area contributed by atoms with E-state index in [1.165, 1.54) is 37.3 Å². The van der Waals surface area contributed by atoms with E-state index in [0.717, 1.165) is 36.0 Å². The van der Waals surface area contributed by atoms with Crippen molar-refractivity contribution in [3.8, 4) is 11.1 Å². The molecule has 5 heteroatoms. The fraction of sp³-hybridized carbons (Fsp3) is 0.471. The van der Waals surface area contributed by atoms with Crippen LogP contribution in [0.15, 0.2) is 66.8 Å². The fourth-order valence-corrected chi connectivity index (χ4v) is 4.54. The van der Waals surface area contributed by atoms with Gasteiger partial charge in [0.2, 0.25) is 0 Å². The first-order valence-corrected chi connectivity index (χ1v) is 14.1. The molecule has 1 N–H and O–H groups in total. The molecule has 0 amide bonds. The minimum absolute atomic E-state index is 0.00798. The van der Waals surface area contributed by atoms with Crippen molar-refractivity contribution in [2.24, 2.45) is 0 Å². The largest absolute Gasteiger partial charge is 0.461 e. The number of rotatable bonds is 16. The highest BCUT2D eigenvalue weighted by Gasteiger charge is 2.36. The predicted molar refractivity (Wildman–Crippen MR) is 159 cm³/mol. The van der Waals surface area contributed by atoms with Gasteiger partial charge >= 0.3 is 11.9 Å². The lowest BCUT2D eigenvalue weighted by Crippen LogP contribution is -2.39. The molecule has 0 aliphatic rings. The number of ether oxygens (including phenoxy) is 2. The third-order valence-electron chi connectivity index (χ3n) is 7.31. The van der Waals surface area contributed by atoms with Crippen molar-refractivity contribution < 1.29 is 24.2 Å². The van der Waals surface area contributed by atoms with Crippen LogP contribution in [0.3, 0.4) is 0 Å². The Kier molecular flexibility index (Phi) is 12.7. The van der Waals surface area contributed by atoms with Gasteiger partial charge in [-0.15, -0.1) is 0 Å². The summed E-state index contributed by atoms with van der Waals surface area (Å²) in [4.78, 5) is 24.9. The quantitative estimate of drug-likeness (QED) is 0.138. The van der Waals surface area contributed by atoms with Gasteiger partial charge in [0.15, 0.2) is 0 Å². The van der Waals surface area contributed by atoms with Crippen LogP contribution in [-0.4, -0.2) is 36.4 Å². The van der Waals surface area contributed by atoms with Gasteiger partial charge in [-0.2, -0.15) is 0 Å². The van der Waals surface area contributed by atoms with E-state index in [1.807, 2.05) is 12.1 Å². The molecule has 2 aromatic carbocycles. The number of carbonyl (C=O) groups excluding carboxylic acids is 2. The summed E-state index contributed by atoms with van der Waals surface area (Å²) in [5.74, 6) is -1.15. The van der Waals surface area contributed by atoms with Gasteiger partial charge < -0.3 is 14.6 Å². The average Bonchev–Trinajstić information content (AvgIpc) is 2.93. The molecule has 0 saturated heterocycles. The zero-order valence-corrected chi connectivity index (χ0v) is 24.5. The van der Waals surface area contributed by atoms with E-state index in [9.17, 15) is 14.7 Å². The van der Waals surface area contributed by atoms with E-state index in [-0.39, 0.29) is 18.8 Å². The van der Waals surface area contributed by atoms with Crippen molar-refractivity contribution in [2.75, 3.05) is 13.2 Å². The van der Waals surface area contributed by atoms with Crippen molar-refractivity contribution in [2.45, 2.75) is 91.1 Å². The lowest BCUT2D eigenvalue weighted by Gasteiger charge is -2.34. The van der Waals surface area contributed by atoms with Gasteiger partial charge in [-0.1, -0.05) is 95.2 Å². The lowest BCUT2D eigenvalue weighted by atomic mass is 9.77. The highest BCUT2D eigenvalue weighted by atomic mass is 16.5. The zero-order chi connectivity index (χ0) is 29.0. The summed E-state index contributed by atoms with van der Waals surface area (Å²) >= 11 is 0. The summed E-state index contributed by atoms with van der Waals surface area (Å²) in [5, 5.41) is 9.77. The Morgan fingerprint density at radius 1 is 0.897 bits per heavy atom. The second-order valence-electron chi connectivity index (χ2n) is 10.7. The summed E-state index contributed by atoms with van der Waals surface area (Å²) < 4.78 is 11.3. The van der Waals surface area contributed by atoms with Crippen molar-refractivity contribution in [1.29, 1.82) is 0 Å². The number of benzene rings is 2. The van der Waals surface area contributed by atoms with Crippen molar-refractivity contribution in [1.82, 2.24) is 0 Å². The summed E-state index contributed by atoms with van der Waals surface area (Å²) in [7, 11) is 0. The first-order valence-electron chi connectivity index (χ1n) is 14.1. The van der Waals surface area contributed by atoms with Crippen molar-refractivity contribution in [3.63, 3.8) is 0 Å². The van der Waals surface area contributed by atoms with Gasteiger partial charge in [-0.05, 0) is 67.9 Å². The molecule has 2 atom stereocenters. The molecule has 0 saturated carbocycles. The van der Waals surface area contributed by atoms with Crippen molar-refractivity contribution in [3.05, 3.63) is 83.5 Å². The highest BCUT2D eigenvalue weighted by molar-refractivity contribution is 5.89. The van der Waals surface area contributed by atoms with E-state index in [0.29, 0.717) is 12.0 Å². The van der Waals surface area contributed by atoms with Crippen molar-refractivity contribution >= 4 is 11.9 Å². The number of hydrogen-bond donors (Lipinski definition) is 1. The first-order chi connectivity index (χ1) is 18.5. The molecule has 0 spiro atoms. The van der Waals surface area contributed by atoms with Crippen LogP contribution in [0, 0.1) is 6.92 Å². The standard InChI is InChI=1S/C34H46O5/c1-8-10-12-13-28-14-15-30(21-25(28)5)29-16-18-31(19-17-29)34(20-11-9-2,22-38-32(36)24(3)4)23-39-33(37)26(6)27(7)35/h14-19,21,27,35H,3,6,8-13,20,22-23H2,1-2,4-5,7H3/t27-,34?/m1/s1. The van der Waals surface area contributed by atoms with Crippen LogP contribution in [0.25, 0.3) is 11.1 Å². The molecular formula is C34H46O5. The molecule has 39 heavy (non-hydrogen) atoms. The minimum Gasteiger partial charge on any atom is -0.461 e. The summed E-state index contributed by atoms with van der Waals surface area (Å²) in [6, 6.07) is 14.8. The smallest absolute Gasteiger partial charge is 0.336 e. The minimum atomic E-state index is -1.01. The molecule has 0 aliphatic carbocycles.